The smallest absolute Gasteiger partial charge is 0.327 e. The van der Waals surface area contributed by atoms with Crippen molar-refractivity contribution in [1.82, 2.24) is 0 Å². The Labute approximate surface area is 78.8 Å². The van der Waals surface area contributed by atoms with E-state index in [2.05, 4.69) is 6.58 Å². The number of aliphatic carboxylic acids is 2. The largest absolute Gasteiger partial charge is 0.480 e. The summed E-state index contributed by atoms with van der Waals surface area (Å²) in [5.74, 6) is -4.05. The van der Waals surface area contributed by atoms with Crippen LogP contribution >= 0.6 is 0 Å². The van der Waals surface area contributed by atoms with Gasteiger partial charge in [0.25, 0.3) is 6.43 Å². The second kappa shape index (κ2) is 4.69. The van der Waals surface area contributed by atoms with E-state index in [9.17, 15) is 18.4 Å². The summed E-state index contributed by atoms with van der Waals surface area (Å²) in [5, 5.41) is 17.0. The molecule has 4 nitrogen and oxygen atoms in total. The van der Waals surface area contributed by atoms with Gasteiger partial charge in [0, 0.05) is 0 Å². The molecule has 0 saturated carbocycles. The minimum Gasteiger partial charge on any atom is -0.480 e. The van der Waals surface area contributed by atoms with Crippen LogP contribution in [0.15, 0.2) is 12.7 Å². The van der Waals surface area contributed by atoms with Crippen LogP contribution in [0.1, 0.15) is 12.8 Å². The van der Waals surface area contributed by atoms with Crippen LogP contribution in [0.3, 0.4) is 0 Å². The predicted octanol–water partition coefficient (Wildman–Crippen LogP) is 1.37. The average Bonchev–Trinajstić information content (AvgIpc) is 2.03. The molecule has 0 rings (SSSR count). The van der Waals surface area contributed by atoms with Gasteiger partial charge in [-0.2, -0.15) is 0 Å². The summed E-state index contributed by atoms with van der Waals surface area (Å²) in [6.45, 7) is 3.21. The molecule has 80 valence electrons. The third kappa shape index (κ3) is 2.07. The number of hydrogen-bond donors (Lipinski definition) is 2. The molecule has 0 aromatic rings. The fourth-order valence-corrected chi connectivity index (χ4v) is 0.931. The number of halogens is 2. The van der Waals surface area contributed by atoms with E-state index in [1.54, 1.807) is 0 Å². The molecule has 0 aliphatic heterocycles. The molecule has 0 aliphatic rings. The standard InChI is InChI=1S/C8H10F2O4/c1-2-3-4-8(5(9)10,6(11)12)7(13)14/h2,5H,1,3-4H2,(H,11,12)(H,13,14). The van der Waals surface area contributed by atoms with Crippen molar-refractivity contribution >= 4 is 11.9 Å². The number of rotatable bonds is 6. The highest BCUT2D eigenvalue weighted by molar-refractivity contribution is 5.98. The fraction of sp³-hybridized carbons (Fsp3) is 0.500. The zero-order valence-corrected chi connectivity index (χ0v) is 7.24. The first-order valence-corrected chi connectivity index (χ1v) is 3.75. The Bertz CT molecular complexity index is 236. The molecule has 0 heterocycles. The van der Waals surface area contributed by atoms with Crippen molar-refractivity contribution in [2.75, 3.05) is 0 Å². The number of carboxylic acid groups (broad SMARTS) is 2. The van der Waals surface area contributed by atoms with Gasteiger partial charge in [-0.1, -0.05) is 6.08 Å². The monoisotopic (exact) mass is 208 g/mol. The summed E-state index contributed by atoms with van der Waals surface area (Å²) in [5.41, 5.74) is -3.02. The third-order valence-corrected chi connectivity index (χ3v) is 1.88. The fourth-order valence-electron chi connectivity index (χ4n) is 0.931. The van der Waals surface area contributed by atoms with Crippen LogP contribution < -0.4 is 0 Å². The Balaban J connectivity index is 5.05. The van der Waals surface area contributed by atoms with Crippen molar-refractivity contribution in [2.45, 2.75) is 19.3 Å². The van der Waals surface area contributed by atoms with Gasteiger partial charge < -0.3 is 10.2 Å². The van der Waals surface area contributed by atoms with E-state index < -0.39 is 30.2 Å². The Morgan fingerprint density at radius 1 is 1.36 bits per heavy atom. The molecule has 0 unspecified atom stereocenters. The van der Waals surface area contributed by atoms with Crippen LogP contribution in [0, 0.1) is 5.41 Å². The van der Waals surface area contributed by atoms with E-state index in [4.69, 9.17) is 10.2 Å². The van der Waals surface area contributed by atoms with E-state index >= 15 is 0 Å². The molecule has 6 heteroatoms. The van der Waals surface area contributed by atoms with E-state index in [1.807, 2.05) is 0 Å². The predicted molar refractivity (Wildman–Crippen MR) is 43.1 cm³/mol. The summed E-state index contributed by atoms with van der Waals surface area (Å²) in [4.78, 5) is 21.0. The summed E-state index contributed by atoms with van der Waals surface area (Å²) < 4.78 is 24.8. The van der Waals surface area contributed by atoms with Gasteiger partial charge in [-0.25, -0.2) is 8.78 Å². The lowest BCUT2D eigenvalue weighted by Gasteiger charge is -2.22. The number of allylic oxidation sites excluding steroid dienone is 1. The van der Waals surface area contributed by atoms with Crippen LogP contribution in [0.5, 0.6) is 0 Å². The van der Waals surface area contributed by atoms with Crippen LogP contribution in [0.2, 0.25) is 0 Å². The Morgan fingerprint density at radius 3 is 2.00 bits per heavy atom. The summed E-state index contributed by atoms with van der Waals surface area (Å²) in [6, 6.07) is 0. The van der Waals surface area contributed by atoms with E-state index in [0.717, 1.165) is 0 Å². The lowest BCUT2D eigenvalue weighted by atomic mass is 9.83. The molecule has 2 N–H and O–H groups in total. The summed E-state index contributed by atoms with van der Waals surface area (Å²) in [6.07, 6.45) is -3.01. The van der Waals surface area contributed by atoms with Crippen molar-refractivity contribution in [3.05, 3.63) is 12.7 Å². The molecule has 0 aromatic heterocycles. The average molecular weight is 208 g/mol. The quantitative estimate of drug-likeness (QED) is 0.510. The van der Waals surface area contributed by atoms with Gasteiger partial charge in [0.15, 0.2) is 0 Å². The summed E-state index contributed by atoms with van der Waals surface area (Å²) >= 11 is 0. The molecule has 0 fully saturated rings. The number of carbonyl (C=O) groups is 2. The zero-order chi connectivity index (χ0) is 11.4. The van der Waals surface area contributed by atoms with Gasteiger partial charge in [0.05, 0.1) is 0 Å². The highest BCUT2D eigenvalue weighted by atomic mass is 19.3. The Hall–Kier alpha value is -1.46. The molecule has 0 bridgehead atoms. The Kier molecular flexibility index (Phi) is 4.20. The second-order valence-electron chi connectivity index (χ2n) is 2.71. The van der Waals surface area contributed by atoms with Crippen molar-refractivity contribution in [1.29, 1.82) is 0 Å². The van der Waals surface area contributed by atoms with E-state index in [-0.39, 0.29) is 6.42 Å². The molecule has 0 atom stereocenters. The van der Waals surface area contributed by atoms with Crippen LogP contribution in [0.25, 0.3) is 0 Å². The minimum absolute atomic E-state index is 0.0943. The zero-order valence-electron chi connectivity index (χ0n) is 7.24. The Morgan fingerprint density at radius 2 is 1.79 bits per heavy atom. The molecule has 0 aromatic carbocycles. The minimum atomic E-state index is -3.45. The molecule has 14 heavy (non-hydrogen) atoms. The van der Waals surface area contributed by atoms with Gasteiger partial charge in [-0.3, -0.25) is 9.59 Å². The molecular formula is C8H10F2O4. The van der Waals surface area contributed by atoms with Gasteiger partial charge in [-0.05, 0) is 12.8 Å². The second-order valence-corrected chi connectivity index (χ2v) is 2.71. The lowest BCUT2D eigenvalue weighted by molar-refractivity contribution is -0.177. The highest BCUT2D eigenvalue weighted by Gasteiger charge is 2.54. The van der Waals surface area contributed by atoms with Crippen molar-refractivity contribution in [2.24, 2.45) is 5.41 Å². The van der Waals surface area contributed by atoms with Gasteiger partial charge in [-0.15, -0.1) is 6.58 Å². The first kappa shape index (κ1) is 12.5. The molecule has 0 aliphatic carbocycles. The van der Waals surface area contributed by atoms with Gasteiger partial charge >= 0.3 is 11.9 Å². The van der Waals surface area contributed by atoms with Gasteiger partial charge in [0.2, 0.25) is 5.41 Å². The van der Waals surface area contributed by atoms with Crippen molar-refractivity contribution < 1.29 is 28.6 Å². The van der Waals surface area contributed by atoms with Crippen LogP contribution in [-0.2, 0) is 9.59 Å². The maximum Gasteiger partial charge on any atom is 0.327 e. The SMILES string of the molecule is C=CCCC(C(=O)O)(C(=O)O)C(F)F. The molecule has 0 saturated heterocycles. The topological polar surface area (TPSA) is 74.6 Å². The molecular weight excluding hydrogens is 198 g/mol. The highest BCUT2D eigenvalue weighted by Crippen LogP contribution is 2.32. The number of alkyl halides is 2. The maximum atomic E-state index is 12.4. The maximum absolute atomic E-state index is 12.4. The van der Waals surface area contributed by atoms with Crippen molar-refractivity contribution in [3.8, 4) is 0 Å². The molecule has 0 amide bonds. The third-order valence-electron chi connectivity index (χ3n) is 1.88. The van der Waals surface area contributed by atoms with Crippen molar-refractivity contribution in [3.63, 3.8) is 0 Å². The number of hydrogen-bond acceptors (Lipinski definition) is 2. The normalized spacial score (nSPS) is 11.4. The van der Waals surface area contributed by atoms with Crippen LogP contribution in [0.4, 0.5) is 8.78 Å². The molecule has 0 spiro atoms. The first-order chi connectivity index (χ1) is 6.39. The lowest BCUT2D eigenvalue weighted by Crippen LogP contribution is -2.45. The number of carboxylic acids is 2. The van der Waals surface area contributed by atoms with Crippen LogP contribution in [-0.4, -0.2) is 28.6 Å². The molecule has 0 radical (unpaired) electrons. The summed E-state index contributed by atoms with van der Waals surface area (Å²) in [7, 11) is 0. The van der Waals surface area contributed by atoms with Gasteiger partial charge in [0.1, 0.15) is 0 Å². The first-order valence-electron chi connectivity index (χ1n) is 3.75. The van der Waals surface area contributed by atoms with E-state index in [0.29, 0.717) is 0 Å². The van der Waals surface area contributed by atoms with E-state index in [1.165, 1.54) is 6.08 Å².